The fourth-order valence-corrected chi connectivity index (χ4v) is 3.94. The highest BCUT2D eigenvalue weighted by Crippen LogP contribution is 2.37. The fraction of sp³-hybridized carbons (Fsp3) is 1.00. The average molecular weight is 184 g/mol. The van der Waals surface area contributed by atoms with Gasteiger partial charge < -0.3 is 0 Å². The summed E-state index contributed by atoms with van der Waals surface area (Å²) in [5.41, 5.74) is 0. The summed E-state index contributed by atoms with van der Waals surface area (Å²) in [6.45, 7) is 0. The second-order valence-electron chi connectivity index (χ2n) is 4.35. The van der Waals surface area contributed by atoms with Gasteiger partial charge in [0.25, 0.3) is 0 Å². The predicted octanol–water partition coefficient (Wildman–Crippen LogP) is 3.71. The van der Waals surface area contributed by atoms with Crippen LogP contribution >= 0.6 is 11.8 Å². The molecule has 0 amide bonds. The van der Waals surface area contributed by atoms with Crippen molar-refractivity contribution >= 4 is 11.8 Å². The van der Waals surface area contributed by atoms with Gasteiger partial charge in [0.1, 0.15) is 0 Å². The molecule has 0 nitrogen and oxygen atoms in total. The molecular formula is C11H20S. The van der Waals surface area contributed by atoms with Gasteiger partial charge in [0.05, 0.1) is 0 Å². The lowest BCUT2D eigenvalue weighted by molar-refractivity contribution is 0.235. The van der Waals surface area contributed by atoms with E-state index in [9.17, 15) is 0 Å². The Morgan fingerprint density at radius 1 is 0.667 bits per heavy atom. The van der Waals surface area contributed by atoms with E-state index in [1.165, 1.54) is 43.6 Å². The SMILES string of the molecule is C1CCC(C2CCSCC2)CC1. The second-order valence-corrected chi connectivity index (χ2v) is 5.57. The zero-order valence-corrected chi connectivity index (χ0v) is 8.74. The van der Waals surface area contributed by atoms with Crippen LogP contribution in [0.15, 0.2) is 0 Å². The van der Waals surface area contributed by atoms with E-state index in [0.29, 0.717) is 0 Å². The third kappa shape index (κ3) is 2.18. The van der Waals surface area contributed by atoms with Gasteiger partial charge in [-0.3, -0.25) is 0 Å². The first kappa shape index (κ1) is 8.93. The Hall–Kier alpha value is 0.350. The Balaban J connectivity index is 1.80. The molecule has 1 heterocycles. The third-order valence-electron chi connectivity index (χ3n) is 3.58. The maximum atomic E-state index is 2.16. The highest BCUT2D eigenvalue weighted by Gasteiger charge is 2.24. The average Bonchev–Trinajstić information content (AvgIpc) is 2.21. The Kier molecular flexibility index (Phi) is 3.38. The minimum atomic E-state index is 1.12. The number of hydrogen-bond donors (Lipinski definition) is 0. The third-order valence-corrected chi connectivity index (χ3v) is 4.63. The maximum Gasteiger partial charge on any atom is -0.00648 e. The molecule has 0 radical (unpaired) electrons. The van der Waals surface area contributed by atoms with Crippen LogP contribution in [0, 0.1) is 11.8 Å². The summed E-state index contributed by atoms with van der Waals surface area (Å²) < 4.78 is 0. The van der Waals surface area contributed by atoms with Crippen LogP contribution in [0.5, 0.6) is 0 Å². The first-order valence-electron chi connectivity index (χ1n) is 5.54. The van der Waals surface area contributed by atoms with Crippen molar-refractivity contribution in [3.63, 3.8) is 0 Å². The summed E-state index contributed by atoms with van der Waals surface area (Å²) in [5, 5.41) is 0. The smallest absolute Gasteiger partial charge is 0.00648 e. The minimum Gasteiger partial charge on any atom is -0.162 e. The maximum absolute atomic E-state index is 2.16. The zero-order chi connectivity index (χ0) is 8.23. The van der Waals surface area contributed by atoms with Crippen LogP contribution in [0.25, 0.3) is 0 Å². The second kappa shape index (κ2) is 4.55. The van der Waals surface area contributed by atoms with E-state index in [2.05, 4.69) is 11.8 Å². The van der Waals surface area contributed by atoms with E-state index < -0.39 is 0 Å². The highest BCUT2D eigenvalue weighted by molar-refractivity contribution is 7.99. The van der Waals surface area contributed by atoms with E-state index in [-0.39, 0.29) is 0 Å². The number of hydrogen-bond acceptors (Lipinski definition) is 1. The molecular weight excluding hydrogens is 164 g/mol. The molecule has 1 aliphatic carbocycles. The standard InChI is InChI=1S/C11H20S/c1-2-4-10(5-3-1)11-6-8-12-9-7-11/h10-11H,1-9H2. The highest BCUT2D eigenvalue weighted by atomic mass is 32.2. The van der Waals surface area contributed by atoms with Crippen LogP contribution < -0.4 is 0 Å². The zero-order valence-electron chi connectivity index (χ0n) is 7.93. The quantitative estimate of drug-likeness (QED) is 0.598. The van der Waals surface area contributed by atoms with E-state index >= 15 is 0 Å². The van der Waals surface area contributed by atoms with E-state index in [0.717, 1.165) is 11.8 Å². The summed E-state index contributed by atoms with van der Waals surface area (Å²) in [4.78, 5) is 0. The summed E-state index contributed by atoms with van der Waals surface area (Å²) in [5.74, 6) is 5.13. The lowest BCUT2D eigenvalue weighted by atomic mass is 9.77. The molecule has 70 valence electrons. The Morgan fingerprint density at radius 3 is 1.92 bits per heavy atom. The Labute approximate surface area is 80.5 Å². The molecule has 0 aromatic carbocycles. The van der Waals surface area contributed by atoms with Crippen molar-refractivity contribution in [3.05, 3.63) is 0 Å². The van der Waals surface area contributed by atoms with Crippen molar-refractivity contribution in [1.82, 2.24) is 0 Å². The Bertz CT molecular complexity index is 105. The van der Waals surface area contributed by atoms with Crippen molar-refractivity contribution in [2.45, 2.75) is 44.9 Å². The van der Waals surface area contributed by atoms with Crippen LogP contribution in [0.4, 0.5) is 0 Å². The molecule has 0 spiro atoms. The van der Waals surface area contributed by atoms with E-state index in [1.54, 1.807) is 12.8 Å². The lowest BCUT2D eigenvalue weighted by Crippen LogP contribution is -2.21. The monoisotopic (exact) mass is 184 g/mol. The minimum absolute atomic E-state index is 1.12. The molecule has 0 bridgehead atoms. The van der Waals surface area contributed by atoms with Crippen molar-refractivity contribution in [1.29, 1.82) is 0 Å². The molecule has 0 atom stereocenters. The van der Waals surface area contributed by atoms with Gasteiger partial charge in [-0.1, -0.05) is 32.1 Å². The van der Waals surface area contributed by atoms with Gasteiger partial charge in [-0.2, -0.15) is 11.8 Å². The first-order chi connectivity index (χ1) is 5.97. The molecule has 2 aliphatic rings. The van der Waals surface area contributed by atoms with Gasteiger partial charge in [-0.05, 0) is 36.2 Å². The summed E-state index contributed by atoms with van der Waals surface area (Å²) in [6.07, 6.45) is 10.7. The summed E-state index contributed by atoms with van der Waals surface area (Å²) in [7, 11) is 0. The number of rotatable bonds is 1. The van der Waals surface area contributed by atoms with Crippen LogP contribution in [-0.4, -0.2) is 11.5 Å². The molecule has 1 saturated carbocycles. The van der Waals surface area contributed by atoms with Crippen molar-refractivity contribution in [2.75, 3.05) is 11.5 Å². The van der Waals surface area contributed by atoms with Crippen LogP contribution in [0.1, 0.15) is 44.9 Å². The van der Waals surface area contributed by atoms with Crippen LogP contribution in [0.2, 0.25) is 0 Å². The Morgan fingerprint density at radius 2 is 1.25 bits per heavy atom. The van der Waals surface area contributed by atoms with Crippen LogP contribution in [0.3, 0.4) is 0 Å². The molecule has 1 heteroatoms. The van der Waals surface area contributed by atoms with Gasteiger partial charge in [0.2, 0.25) is 0 Å². The van der Waals surface area contributed by atoms with Crippen molar-refractivity contribution < 1.29 is 0 Å². The molecule has 2 fully saturated rings. The van der Waals surface area contributed by atoms with Gasteiger partial charge >= 0.3 is 0 Å². The van der Waals surface area contributed by atoms with Crippen molar-refractivity contribution in [3.8, 4) is 0 Å². The lowest BCUT2D eigenvalue weighted by Gasteiger charge is -2.32. The predicted molar refractivity (Wildman–Crippen MR) is 56.6 cm³/mol. The summed E-state index contributed by atoms with van der Waals surface area (Å²) >= 11 is 2.16. The summed E-state index contributed by atoms with van der Waals surface area (Å²) in [6, 6.07) is 0. The van der Waals surface area contributed by atoms with Gasteiger partial charge in [-0.25, -0.2) is 0 Å². The normalized spacial score (nSPS) is 29.0. The van der Waals surface area contributed by atoms with E-state index in [4.69, 9.17) is 0 Å². The molecule has 1 aliphatic heterocycles. The van der Waals surface area contributed by atoms with Gasteiger partial charge in [0.15, 0.2) is 0 Å². The molecule has 12 heavy (non-hydrogen) atoms. The first-order valence-corrected chi connectivity index (χ1v) is 6.70. The molecule has 0 N–H and O–H groups in total. The number of thioether (sulfide) groups is 1. The molecule has 0 aromatic heterocycles. The van der Waals surface area contributed by atoms with Crippen molar-refractivity contribution in [2.24, 2.45) is 11.8 Å². The van der Waals surface area contributed by atoms with Gasteiger partial charge in [-0.15, -0.1) is 0 Å². The largest absolute Gasteiger partial charge is 0.162 e. The topological polar surface area (TPSA) is 0 Å². The molecule has 1 saturated heterocycles. The molecule has 0 unspecified atom stereocenters. The molecule has 0 aromatic rings. The van der Waals surface area contributed by atoms with Gasteiger partial charge in [0, 0.05) is 0 Å². The fourth-order valence-electron chi connectivity index (χ4n) is 2.79. The molecule has 2 rings (SSSR count). The van der Waals surface area contributed by atoms with Crippen LogP contribution in [-0.2, 0) is 0 Å². The van der Waals surface area contributed by atoms with E-state index in [1.807, 2.05) is 0 Å².